The molecule has 0 radical (unpaired) electrons. The molecule has 7 heteroatoms. The molecular weight excluding hydrogens is 416 g/mol. The third-order valence-corrected chi connectivity index (χ3v) is 7.65. The molecule has 168 valence electrons. The fourth-order valence-corrected chi connectivity index (χ4v) is 5.98. The van der Waals surface area contributed by atoms with E-state index >= 15 is 0 Å². The van der Waals surface area contributed by atoms with Crippen molar-refractivity contribution in [2.24, 2.45) is 12.5 Å². The first-order chi connectivity index (χ1) is 16.0. The van der Waals surface area contributed by atoms with Gasteiger partial charge in [0.2, 0.25) is 0 Å². The SMILES string of the molecule is COc1ccc2c(c1)cc(C(=O)NC1CC3(C1)CC(c1n[nH]c(=O)c4ccccc14)C3)n2C. The molecule has 1 amide bonds. The summed E-state index contributed by atoms with van der Waals surface area (Å²) in [6.07, 6.45) is 4.09. The Hall–Kier alpha value is -3.61. The lowest BCUT2D eigenvalue weighted by atomic mass is 9.49. The number of amides is 1. The number of aryl methyl sites for hydroxylation is 1. The molecule has 2 aromatic heterocycles. The van der Waals surface area contributed by atoms with Gasteiger partial charge in [0, 0.05) is 35.3 Å². The van der Waals surface area contributed by atoms with Crippen LogP contribution in [-0.4, -0.2) is 33.8 Å². The van der Waals surface area contributed by atoms with Gasteiger partial charge in [-0.2, -0.15) is 5.10 Å². The summed E-state index contributed by atoms with van der Waals surface area (Å²) in [5, 5.41) is 12.9. The molecule has 2 aliphatic carbocycles. The lowest BCUT2D eigenvalue weighted by Crippen LogP contribution is -2.55. The quantitative estimate of drug-likeness (QED) is 0.502. The number of fused-ring (bicyclic) bond motifs is 2. The van der Waals surface area contributed by atoms with Crippen LogP contribution < -0.4 is 15.6 Å². The van der Waals surface area contributed by atoms with Gasteiger partial charge in [0.25, 0.3) is 11.5 Å². The third kappa shape index (κ3) is 3.14. The molecule has 4 aromatic rings. The summed E-state index contributed by atoms with van der Waals surface area (Å²) in [7, 11) is 3.56. The predicted octanol–water partition coefficient (Wildman–Crippen LogP) is 3.88. The monoisotopic (exact) mass is 442 g/mol. The van der Waals surface area contributed by atoms with Gasteiger partial charge in [-0.1, -0.05) is 18.2 Å². The Balaban J connectivity index is 1.12. The Morgan fingerprint density at radius 1 is 1.12 bits per heavy atom. The number of rotatable bonds is 4. The average molecular weight is 443 g/mol. The molecule has 0 aliphatic heterocycles. The lowest BCUT2D eigenvalue weighted by molar-refractivity contribution is -0.0197. The molecule has 1 spiro atoms. The van der Waals surface area contributed by atoms with E-state index in [1.807, 2.05) is 60.1 Å². The molecule has 0 saturated heterocycles. The highest BCUT2D eigenvalue weighted by Crippen LogP contribution is 2.62. The van der Waals surface area contributed by atoms with Gasteiger partial charge in [0.15, 0.2) is 0 Å². The van der Waals surface area contributed by atoms with Crippen molar-refractivity contribution < 1.29 is 9.53 Å². The highest BCUT2D eigenvalue weighted by molar-refractivity contribution is 5.99. The molecule has 2 N–H and O–H groups in total. The summed E-state index contributed by atoms with van der Waals surface area (Å²) in [4.78, 5) is 25.0. The van der Waals surface area contributed by atoms with E-state index in [9.17, 15) is 9.59 Å². The van der Waals surface area contributed by atoms with Crippen LogP contribution >= 0.6 is 0 Å². The van der Waals surface area contributed by atoms with Crippen molar-refractivity contribution >= 4 is 27.6 Å². The van der Waals surface area contributed by atoms with Crippen LogP contribution in [0.3, 0.4) is 0 Å². The minimum absolute atomic E-state index is 0.0308. The van der Waals surface area contributed by atoms with Crippen molar-refractivity contribution in [2.45, 2.75) is 37.6 Å². The zero-order valence-electron chi connectivity index (χ0n) is 18.7. The molecular formula is C26H26N4O3. The number of hydrogen-bond acceptors (Lipinski definition) is 4. The van der Waals surface area contributed by atoms with Crippen molar-refractivity contribution in [3.05, 3.63) is 70.3 Å². The van der Waals surface area contributed by atoms with Crippen LogP contribution in [0.15, 0.2) is 53.3 Å². The van der Waals surface area contributed by atoms with E-state index in [-0.39, 0.29) is 22.9 Å². The lowest BCUT2D eigenvalue weighted by Gasteiger charge is -2.57. The molecule has 2 aliphatic rings. The smallest absolute Gasteiger partial charge is 0.272 e. The van der Waals surface area contributed by atoms with Crippen molar-refractivity contribution in [1.82, 2.24) is 20.1 Å². The van der Waals surface area contributed by atoms with E-state index in [0.717, 1.165) is 53.4 Å². The van der Waals surface area contributed by atoms with E-state index in [4.69, 9.17) is 4.74 Å². The van der Waals surface area contributed by atoms with Crippen LogP contribution in [-0.2, 0) is 7.05 Å². The van der Waals surface area contributed by atoms with Crippen LogP contribution in [0.1, 0.15) is 47.8 Å². The van der Waals surface area contributed by atoms with E-state index in [2.05, 4.69) is 15.5 Å². The summed E-state index contributed by atoms with van der Waals surface area (Å²) in [6, 6.07) is 15.6. The molecule has 2 aromatic carbocycles. The zero-order valence-corrected chi connectivity index (χ0v) is 18.7. The molecule has 0 unspecified atom stereocenters. The number of ether oxygens (including phenoxy) is 1. The van der Waals surface area contributed by atoms with Crippen molar-refractivity contribution in [3.8, 4) is 5.75 Å². The molecule has 2 saturated carbocycles. The van der Waals surface area contributed by atoms with Gasteiger partial charge in [-0.15, -0.1) is 0 Å². The first kappa shape index (κ1) is 20.0. The van der Waals surface area contributed by atoms with E-state index in [1.165, 1.54) is 0 Å². The van der Waals surface area contributed by atoms with Crippen molar-refractivity contribution in [1.29, 1.82) is 0 Å². The van der Waals surface area contributed by atoms with Gasteiger partial charge >= 0.3 is 0 Å². The molecule has 33 heavy (non-hydrogen) atoms. The number of methoxy groups -OCH3 is 1. The van der Waals surface area contributed by atoms with E-state index in [1.54, 1.807) is 7.11 Å². The van der Waals surface area contributed by atoms with Gasteiger partial charge in [-0.05, 0) is 61.4 Å². The number of H-pyrrole nitrogens is 1. The second-order valence-electron chi connectivity index (χ2n) is 9.68. The molecule has 0 atom stereocenters. The first-order valence-corrected chi connectivity index (χ1v) is 11.4. The molecule has 0 bridgehead atoms. The first-order valence-electron chi connectivity index (χ1n) is 11.4. The van der Waals surface area contributed by atoms with Crippen LogP contribution in [0.5, 0.6) is 5.75 Å². The van der Waals surface area contributed by atoms with E-state index < -0.39 is 0 Å². The number of carbonyl (C=O) groups is 1. The van der Waals surface area contributed by atoms with Crippen LogP contribution in [0.2, 0.25) is 0 Å². The predicted molar refractivity (Wildman–Crippen MR) is 127 cm³/mol. The van der Waals surface area contributed by atoms with Gasteiger partial charge < -0.3 is 14.6 Å². The maximum absolute atomic E-state index is 13.0. The molecule has 7 nitrogen and oxygen atoms in total. The summed E-state index contributed by atoms with van der Waals surface area (Å²) in [6.45, 7) is 0. The minimum atomic E-state index is -0.137. The van der Waals surface area contributed by atoms with Crippen LogP contribution in [0.25, 0.3) is 21.7 Å². The summed E-state index contributed by atoms with van der Waals surface area (Å²) in [5.41, 5.74) is 2.81. The number of aromatic amines is 1. The molecule has 2 fully saturated rings. The van der Waals surface area contributed by atoms with Crippen molar-refractivity contribution in [2.75, 3.05) is 7.11 Å². The van der Waals surface area contributed by atoms with E-state index in [0.29, 0.717) is 17.0 Å². The highest BCUT2D eigenvalue weighted by Gasteiger charge is 2.54. The average Bonchev–Trinajstić information content (AvgIpc) is 3.11. The summed E-state index contributed by atoms with van der Waals surface area (Å²) < 4.78 is 7.24. The summed E-state index contributed by atoms with van der Waals surface area (Å²) in [5.74, 6) is 1.11. The number of benzene rings is 2. The Kier molecular flexibility index (Phi) is 4.37. The number of aromatic nitrogens is 3. The van der Waals surface area contributed by atoms with Gasteiger partial charge in [-0.25, -0.2) is 5.10 Å². The third-order valence-electron chi connectivity index (χ3n) is 7.65. The second-order valence-corrected chi connectivity index (χ2v) is 9.68. The number of nitrogens with one attached hydrogen (secondary N) is 2. The second kappa shape index (κ2) is 7.20. The van der Waals surface area contributed by atoms with Crippen LogP contribution in [0, 0.1) is 5.41 Å². The molecule has 6 rings (SSSR count). The largest absolute Gasteiger partial charge is 0.497 e. The zero-order chi connectivity index (χ0) is 22.7. The number of nitrogens with zero attached hydrogens (tertiary/aromatic N) is 2. The Labute approximate surface area is 190 Å². The minimum Gasteiger partial charge on any atom is -0.497 e. The fraction of sp³-hybridized carbons (Fsp3) is 0.346. The molecule has 2 heterocycles. The Morgan fingerprint density at radius 3 is 2.64 bits per heavy atom. The van der Waals surface area contributed by atoms with Gasteiger partial charge in [0.05, 0.1) is 18.2 Å². The highest BCUT2D eigenvalue weighted by atomic mass is 16.5. The topological polar surface area (TPSA) is 89.0 Å². The normalized spacial score (nSPS) is 23.9. The maximum Gasteiger partial charge on any atom is 0.272 e. The fourth-order valence-electron chi connectivity index (χ4n) is 5.98. The van der Waals surface area contributed by atoms with Crippen LogP contribution in [0.4, 0.5) is 0 Å². The van der Waals surface area contributed by atoms with Gasteiger partial charge in [0.1, 0.15) is 11.4 Å². The number of carbonyl (C=O) groups excluding carboxylic acids is 1. The maximum atomic E-state index is 13.0. The standard InChI is InChI=1S/C26H26N4O3/c1-30-21-8-7-18(33-2)9-15(21)10-22(30)25(32)27-17-13-26(14-17)11-16(12-26)23-19-5-3-4-6-20(19)24(31)29-28-23/h3-10,16-17H,11-14H2,1-2H3,(H,27,32)(H,29,31). The van der Waals surface area contributed by atoms with Gasteiger partial charge in [-0.3, -0.25) is 9.59 Å². The van der Waals surface area contributed by atoms with Crippen molar-refractivity contribution in [3.63, 3.8) is 0 Å². The Bertz CT molecular complexity index is 1450. The summed E-state index contributed by atoms with van der Waals surface area (Å²) >= 11 is 0. The Morgan fingerprint density at radius 2 is 1.88 bits per heavy atom. The number of hydrogen-bond donors (Lipinski definition) is 2.